The maximum Gasteiger partial charge on any atom is 0.223 e. The molecule has 3 fully saturated rings. The molecule has 0 radical (unpaired) electrons. The highest BCUT2D eigenvalue weighted by Crippen LogP contribution is 2.46. The lowest BCUT2D eigenvalue weighted by molar-refractivity contribution is 0.0958. The second kappa shape index (κ2) is 8.86. The standard InChI is InChI=1S/C18H30N6O.HI/c1-3-19-18(20-12-17-21-13(2)25-22-17)24-8-6-23(7-9-24)16-11-14-4-5-15(16)10-14;/h14-16H,3-12H2,1-2H3,(H,19,20);1H. The van der Waals surface area contributed by atoms with Crippen LogP contribution >= 0.6 is 24.0 Å². The zero-order valence-electron chi connectivity index (χ0n) is 15.9. The van der Waals surface area contributed by atoms with E-state index in [1.165, 1.54) is 25.7 Å². The summed E-state index contributed by atoms with van der Waals surface area (Å²) >= 11 is 0. The highest BCUT2D eigenvalue weighted by molar-refractivity contribution is 14.0. The van der Waals surface area contributed by atoms with Crippen LogP contribution in [0, 0.1) is 18.8 Å². The van der Waals surface area contributed by atoms with Gasteiger partial charge in [-0.3, -0.25) is 4.90 Å². The van der Waals surface area contributed by atoms with Crippen molar-refractivity contribution in [2.75, 3.05) is 32.7 Å². The van der Waals surface area contributed by atoms with Gasteiger partial charge in [0.25, 0.3) is 0 Å². The Hall–Kier alpha value is -0.900. The summed E-state index contributed by atoms with van der Waals surface area (Å²) in [5.41, 5.74) is 0. The SMILES string of the molecule is CCNC(=NCc1noc(C)n1)N1CCN(C2CC3CCC2C3)CC1.I. The third-order valence-corrected chi connectivity index (χ3v) is 6.06. The van der Waals surface area contributed by atoms with Gasteiger partial charge in [0.05, 0.1) is 0 Å². The van der Waals surface area contributed by atoms with Crippen LogP contribution in [0.5, 0.6) is 0 Å². The molecule has 3 atom stereocenters. The fourth-order valence-corrected chi connectivity index (χ4v) is 4.90. The second-order valence-corrected chi connectivity index (χ2v) is 7.67. The van der Waals surface area contributed by atoms with Gasteiger partial charge in [-0.05, 0) is 38.0 Å². The molecule has 2 saturated carbocycles. The molecule has 3 aliphatic rings. The number of fused-ring (bicyclic) bond motifs is 2. The lowest BCUT2D eigenvalue weighted by Gasteiger charge is -2.41. The molecule has 0 spiro atoms. The number of piperazine rings is 1. The second-order valence-electron chi connectivity index (χ2n) is 7.67. The summed E-state index contributed by atoms with van der Waals surface area (Å²) in [6.07, 6.45) is 5.87. The lowest BCUT2D eigenvalue weighted by atomic mass is 9.93. The Morgan fingerprint density at radius 1 is 1.23 bits per heavy atom. The average Bonchev–Trinajstić information content (AvgIpc) is 3.36. The fourth-order valence-electron chi connectivity index (χ4n) is 4.90. The van der Waals surface area contributed by atoms with Crippen LogP contribution in [0.25, 0.3) is 0 Å². The molecule has 2 bridgehead atoms. The molecule has 1 aliphatic heterocycles. The molecule has 4 rings (SSSR count). The number of halogens is 1. The van der Waals surface area contributed by atoms with Crippen molar-refractivity contribution >= 4 is 29.9 Å². The van der Waals surface area contributed by atoms with E-state index in [0.29, 0.717) is 18.3 Å². The van der Waals surface area contributed by atoms with Gasteiger partial charge in [0, 0.05) is 45.7 Å². The van der Waals surface area contributed by atoms with Crippen molar-refractivity contribution < 1.29 is 4.52 Å². The molecular weight excluding hydrogens is 443 g/mol. The molecule has 26 heavy (non-hydrogen) atoms. The van der Waals surface area contributed by atoms with E-state index in [1.54, 1.807) is 6.92 Å². The van der Waals surface area contributed by atoms with E-state index < -0.39 is 0 Å². The molecule has 3 unspecified atom stereocenters. The zero-order valence-corrected chi connectivity index (χ0v) is 18.2. The number of aromatic nitrogens is 2. The monoisotopic (exact) mass is 474 g/mol. The Balaban J connectivity index is 0.00000196. The quantitative estimate of drug-likeness (QED) is 0.410. The Labute approximate surface area is 173 Å². The van der Waals surface area contributed by atoms with Crippen molar-refractivity contribution in [2.45, 2.75) is 52.1 Å². The van der Waals surface area contributed by atoms with Crippen LogP contribution < -0.4 is 5.32 Å². The smallest absolute Gasteiger partial charge is 0.223 e. The van der Waals surface area contributed by atoms with Gasteiger partial charge in [-0.2, -0.15) is 4.98 Å². The first-order valence-corrected chi connectivity index (χ1v) is 9.79. The molecule has 0 amide bonds. The molecule has 2 heterocycles. The summed E-state index contributed by atoms with van der Waals surface area (Å²) in [5.74, 6) is 4.20. The van der Waals surface area contributed by atoms with Gasteiger partial charge < -0.3 is 14.7 Å². The zero-order chi connectivity index (χ0) is 17.2. The highest BCUT2D eigenvalue weighted by atomic mass is 127. The molecule has 1 aromatic heterocycles. The van der Waals surface area contributed by atoms with E-state index in [-0.39, 0.29) is 24.0 Å². The summed E-state index contributed by atoms with van der Waals surface area (Å²) < 4.78 is 5.03. The predicted molar refractivity (Wildman–Crippen MR) is 112 cm³/mol. The summed E-state index contributed by atoms with van der Waals surface area (Å²) in [6.45, 7) is 9.65. The van der Waals surface area contributed by atoms with Crippen molar-refractivity contribution in [1.82, 2.24) is 25.3 Å². The number of hydrogen-bond donors (Lipinski definition) is 1. The number of rotatable bonds is 4. The lowest BCUT2D eigenvalue weighted by Crippen LogP contribution is -2.55. The Bertz CT molecular complexity index is 613. The highest BCUT2D eigenvalue weighted by Gasteiger charge is 2.42. The van der Waals surface area contributed by atoms with Gasteiger partial charge in [-0.15, -0.1) is 24.0 Å². The number of aryl methyl sites for hydroxylation is 1. The maximum atomic E-state index is 5.03. The van der Waals surface area contributed by atoms with Crippen LogP contribution in [-0.2, 0) is 6.54 Å². The summed E-state index contributed by atoms with van der Waals surface area (Å²) in [5, 5.41) is 7.34. The third kappa shape index (κ3) is 4.32. The summed E-state index contributed by atoms with van der Waals surface area (Å²) in [7, 11) is 0. The third-order valence-electron chi connectivity index (χ3n) is 6.06. The first-order chi connectivity index (χ1) is 12.2. The molecule has 1 N–H and O–H groups in total. The van der Waals surface area contributed by atoms with E-state index in [4.69, 9.17) is 9.52 Å². The predicted octanol–water partition coefficient (Wildman–Crippen LogP) is 2.27. The van der Waals surface area contributed by atoms with E-state index >= 15 is 0 Å². The Morgan fingerprint density at radius 3 is 2.62 bits per heavy atom. The minimum atomic E-state index is 0. The van der Waals surface area contributed by atoms with Crippen LogP contribution in [0.3, 0.4) is 0 Å². The van der Waals surface area contributed by atoms with Gasteiger partial charge in [-0.25, -0.2) is 4.99 Å². The van der Waals surface area contributed by atoms with Crippen molar-refractivity contribution in [3.63, 3.8) is 0 Å². The number of nitrogens with one attached hydrogen (secondary N) is 1. The number of nitrogens with zero attached hydrogens (tertiary/aromatic N) is 5. The number of hydrogen-bond acceptors (Lipinski definition) is 5. The van der Waals surface area contributed by atoms with Crippen LogP contribution in [-0.4, -0.2) is 64.7 Å². The van der Waals surface area contributed by atoms with Gasteiger partial charge >= 0.3 is 0 Å². The van der Waals surface area contributed by atoms with Crippen LogP contribution in [0.2, 0.25) is 0 Å². The molecular formula is C18H31IN6O. The first-order valence-electron chi connectivity index (χ1n) is 9.79. The van der Waals surface area contributed by atoms with Crippen molar-refractivity contribution in [1.29, 1.82) is 0 Å². The van der Waals surface area contributed by atoms with E-state index in [1.807, 2.05) is 0 Å². The van der Waals surface area contributed by atoms with Gasteiger partial charge in [0.1, 0.15) is 6.54 Å². The molecule has 2 aliphatic carbocycles. The van der Waals surface area contributed by atoms with Gasteiger partial charge in [0.15, 0.2) is 11.8 Å². The largest absolute Gasteiger partial charge is 0.357 e. The van der Waals surface area contributed by atoms with Gasteiger partial charge in [0.2, 0.25) is 5.89 Å². The van der Waals surface area contributed by atoms with Crippen molar-refractivity contribution in [3.8, 4) is 0 Å². The van der Waals surface area contributed by atoms with Crippen LogP contribution in [0.15, 0.2) is 9.52 Å². The van der Waals surface area contributed by atoms with E-state index in [9.17, 15) is 0 Å². The molecule has 1 saturated heterocycles. The Kier molecular flexibility index (Phi) is 6.76. The maximum absolute atomic E-state index is 5.03. The van der Waals surface area contributed by atoms with Crippen molar-refractivity contribution in [2.24, 2.45) is 16.8 Å². The molecule has 0 aromatic carbocycles. The van der Waals surface area contributed by atoms with Crippen LogP contribution in [0.1, 0.15) is 44.3 Å². The molecule has 8 heteroatoms. The van der Waals surface area contributed by atoms with Gasteiger partial charge in [-0.1, -0.05) is 11.6 Å². The van der Waals surface area contributed by atoms with E-state index in [0.717, 1.165) is 56.6 Å². The molecule has 1 aromatic rings. The van der Waals surface area contributed by atoms with E-state index in [2.05, 4.69) is 32.2 Å². The topological polar surface area (TPSA) is 69.8 Å². The van der Waals surface area contributed by atoms with Crippen LogP contribution in [0.4, 0.5) is 0 Å². The minimum absolute atomic E-state index is 0. The fraction of sp³-hybridized carbons (Fsp3) is 0.833. The first kappa shape index (κ1) is 19.9. The normalized spacial score (nSPS) is 29.1. The molecule has 7 nitrogen and oxygen atoms in total. The summed E-state index contributed by atoms with van der Waals surface area (Å²) in [4.78, 5) is 14.1. The number of guanidine groups is 1. The van der Waals surface area contributed by atoms with Crippen molar-refractivity contribution in [3.05, 3.63) is 11.7 Å². The average molecular weight is 474 g/mol. The molecule has 146 valence electrons. The Morgan fingerprint density at radius 2 is 2.04 bits per heavy atom. The number of aliphatic imine (C=N–C) groups is 1. The summed E-state index contributed by atoms with van der Waals surface area (Å²) in [6, 6.07) is 0.850. The minimum Gasteiger partial charge on any atom is -0.357 e.